The summed E-state index contributed by atoms with van der Waals surface area (Å²) in [4.78, 5) is 0. The van der Waals surface area contributed by atoms with E-state index in [1.807, 2.05) is 6.07 Å². The van der Waals surface area contributed by atoms with Crippen molar-refractivity contribution in [2.75, 3.05) is 11.5 Å². The van der Waals surface area contributed by atoms with Crippen LogP contribution in [0.5, 0.6) is 5.75 Å². The fraction of sp³-hybridized carbons (Fsp3) is 0.500. The van der Waals surface area contributed by atoms with Crippen LogP contribution in [0.4, 0.5) is 0 Å². The molecule has 100 valence electrons. The van der Waals surface area contributed by atoms with E-state index in [4.69, 9.17) is 4.74 Å². The van der Waals surface area contributed by atoms with Crippen molar-refractivity contribution in [1.29, 1.82) is 0 Å². The maximum Gasteiger partial charge on any atom is 0.154 e. The number of halogens is 1. The van der Waals surface area contributed by atoms with Crippen LogP contribution in [-0.2, 0) is 9.84 Å². The van der Waals surface area contributed by atoms with E-state index in [0.717, 1.165) is 4.47 Å². The average molecular weight is 335 g/mol. The van der Waals surface area contributed by atoms with Crippen LogP contribution in [-0.4, -0.2) is 31.1 Å². The lowest BCUT2D eigenvalue weighted by molar-refractivity contribution is 0.180. The SMILES string of the molecule is CC(O)c1cc(Br)ccc1OC1CCS(=O)(=O)C1. The summed E-state index contributed by atoms with van der Waals surface area (Å²) in [6.07, 6.45) is -0.457. The predicted molar refractivity (Wildman–Crippen MR) is 72.5 cm³/mol. The molecule has 6 heteroatoms. The first-order valence-electron chi connectivity index (χ1n) is 5.72. The van der Waals surface area contributed by atoms with E-state index in [2.05, 4.69) is 15.9 Å². The lowest BCUT2D eigenvalue weighted by Crippen LogP contribution is -2.18. The van der Waals surface area contributed by atoms with Crippen LogP contribution in [0.2, 0.25) is 0 Å². The first-order valence-corrected chi connectivity index (χ1v) is 8.33. The van der Waals surface area contributed by atoms with Crippen molar-refractivity contribution in [3.8, 4) is 5.75 Å². The smallest absolute Gasteiger partial charge is 0.154 e. The molecule has 1 aromatic carbocycles. The third-order valence-electron chi connectivity index (χ3n) is 2.91. The Hall–Kier alpha value is -0.590. The fourth-order valence-electron chi connectivity index (χ4n) is 1.99. The molecule has 1 aliphatic heterocycles. The van der Waals surface area contributed by atoms with Crippen molar-refractivity contribution in [2.45, 2.75) is 25.6 Å². The van der Waals surface area contributed by atoms with E-state index >= 15 is 0 Å². The highest BCUT2D eigenvalue weighted by Gasteiger charge is 2.30. The summed E-state index contributed by atoms with van der Waals surface area (Å²) in [5.41, 5.74) is 0.661. The lowest BCUT2D eigenvalue weighted by Gasteiger charge is -2.17. The number of hydrogen-bond donors (Lipinski definition) is 1. The molecule has 0 aromatic heterocycles. The third kappa shape index (κ3) is 3.24. The van der Waals surface area contributed by atoms with Crippen LogP contribution in [0, 0.1) is 0 Å². The second-order valence-corrected chi connectivity index (χ2v) is 7.65. The Kier molecular flexibility index (Phi) is 3.99. The molecule has 1 saturated heterocycles. The number of rotatable bonds is 3. The van der Waals surface area contributed by atoms with Crippen molar-refractivity contribution in [3.63, 3.8) is 0 Å². The highest BCUT2D eigenvalue weighted by atomic mass is 79.9. The largest absolute Gasteiger partial charge is 0.489 e. The first kappa shape index (κ1) is 13.8. The molecule has 4 nitrogen and oxygen atoms in total. The summed E-state index contributed by atoms with van der Waals surface area (Å²) >= 11 is 3.33. The second kappa shape index (κ2) is 5.19. The molecule has 2 rings (SSSR count). The molecule has 0 saturated carbocycles. The second-order valence-electron chi connectivity index (χ2n) is 4.50. The highest BCUT2D eigenvalue weighted by Crippen LogP contribution is 2.30. The van der Waals surface area contributed by atoms with Crippen LogP contribution < -0.4 is 4.74 Å². The fourth-order valence-corrected chi connectivity index (χ4v) is 3.96. The number of ether oxygens (including phenoxy) is 1. The van der Waals surface area contributed by atoms with Crippen molar-refractivity contribution in [3.05, 3.63) is 28.2 Å². The molecule has 1 heterocycles. The van der Waals surface area contributed by atoms with Gasteiger partial charge < -0.3 is 9.84 Å². The Labute approximate surface area is 115 Å². The molecule has 1 fully saturated rings. The van der Waals surface area contributed by atoms with E-state index < -0.39 is 15.9 Å². The molecule has 1 aliphatic rings. The van der Waals surface area contributed by atoms with E-state index in [0.29, 0.717) is 17.7 Å². The maximum absolute atomic E-state index is 11.4. The van der Waals surface area contributed by atoms with Crippen LogP contribution in [0.3, 0.4) is 0 Å². The van der Waals surface area contributed by atoms with E-state index in [-0.39, 0.29) is 17.6 Å². The average Bonchev–Trinajstić information content (AvgIpc) is 2.60. The molecule has 0 amide bonds. The van der Waals surface area contributed by atoms with Crippen LogP contribution in [0.15, 0.2) is 22.7 Å². The molecule has 0 bridgehead atoms. The van der Waals surface area contributed by atoms with Gasteiger partial charge in [-0.1, -0.05) is 15.9 Å². The number of hydrogen-bond acceptors (Lipinski definition) is 4. The quantitative estimate of drug-likeness (QED) is 0.919. The summed E-state index contributed by atoms with van der Waals surface area (Å²) in [6.45, 7) is 1.65. The lowest BCUT2D eigenvalue weighted by atomic mass is 10.1. The summed E-state index contributed by atoms with van der Waals surface area (Å²) in [5, 5.41) is 9.69. The van der Waals surface area contributed by atoms with Crippen molar-refractivity contribution >= 4 is 25.8 Å². The van der Waals surface area contributed by atoms with Gasteiger partial charge in [-0.15, -0.1) is 0 Å². The highest BCUT2D eigenvalue weighted by molar-refractivity contribution is 9.10. The molecule has 1 N–H and O–H groups in total. The van der Waals surface area contributed by atoms with Gasteiger partial charge in [-0.25, -0.2) is 8.42 Å². The molecule has 0 spiro atoms. The number of sulfone groups is 1. The summed E-state index contributed by atoms with van der Waals surface area (Å²) in [6, 6.07) is 5.34. The Bertz CT molecular complexity index is 539. The van der Waals surface area contributed by atoms with Gasteiger partial charge >= 0.3 is 0 Å². The topological polar surface area (TPSA) is 63.6 Å². The van der Waals surface area contributed by atoms with Crippen molar-refractivity contribution < 1.29 is 18.3 Å². The maximum atomic E-state index is 11.4. The van der Waals surface area contributed by atoms with E-state index in [9.17, 15) is 13.5 Å². The van der Waals surface area contributed by atoms with Crippen LogP contribution in [0.1, 0.15) is 25.0 Å². The van der Waals surface area contributed by atoms with Gasteiger partial charge in [0.15, 0.2) is 9.84 Å². The molecule has 2 unspecified atom stereocenters. The van der Waals surface area contributed by atoms with Crippen molar-refractivity contribution in [2.24, 2.45) is 0 Å². The monoisotopic (exact) mass is 334 g/mol. The predicted octanol–water partition coefficient (Wildman–Crippen LogP) is 2.07. The molecular formula is C12H15BrO4S. The third-order valence-corrected chi connectivity index (χ3v) is 5.14. The molecule has 1 aromatic rings. The Balaban J connectivity index is 2.19. The van der Waals surface area contributed by atoms with E-state index in [1.54, 1.807) is 19.1 Å². The summed E-state index contributed by atoms with van der Waals surface area (Å²) in [7, 11) is -2.95. The Morgan fingerprint density at radius 3 is 2.78 bits per heavy atom. The number of aliphatic hydroxyl groups excluding tert-OH is 1. The zero-order valence-corrected chi connectivity index (χ0v) is 12.4. The van der Waals surface area contributed by atoms with Gasteiger partial charge in [0.1, 0.15) is 11.9 Å². The van der Waals surface area contributed by atoms with E-state index in [1.165, 1.54) is 0 Å². The number of aliphatic hydroxyl groups is 1. The zero-order chi connectivity index (χ0) is 13.3. The van der Waals surface area contributed by atoms with Gasteiger partial charge in [0, 0.05) is 10.0 Å². The van der Waals surface area contributed by atoms with Gasteiger partial charge in [-0.2, -0.15) is 0 Å². The van der Waals surface area contributed by atoms with Crippen LogP contribution in [0.25, 0.3) is 0 Å². The Morgan fingerprint density at radius 1 is 1.50 bits per heavy atom. The number of benzene rings is 1. The van der Waals surface area contributed by atoms with Gasteiger partial charge in [0.2, 0.25) is 0 Å². The standard InChI is InChI=1S/C12H15BrO4S/c1-8(14)11-6-9(13)2-3-12(11)17-10-4-5-18(15,16)7-10/h2-3,6,8,10,14H,4-5,7H2,1H3. The van der Waals surface area contributed by atoms with Gasteiger partial charge in [0.25, 0.3) is 0 Å². The normalized spacial score (nSPS) is 23.8. The van der Waals surface area contributed by atoms with Gasteiger partial charge in [0.05, 0.1) is 17.6 Å². The minimum atomic E-state index is -2.95. The molecule has 18 heavy (non-hydrogen) atoms. The molecular weight excluding hydrogens is 320 g/mol. The minimum absolute atomic E-state index is 0.0579. The minimum Gasteiger partial charge on any atom is -0.489 e. The van der Waals surface area contributed by atoms with Gasteiger partial charge in [-0.3, -0.25) is 0 Å². The van der Waals surface area contributed by atoms with Crippen molar-refractivity contribution in [1.82, 2.24) is 0 Å². The zero-order valence-electron chi connectivity index (χ0n) is 9.97. The van der Waals surface area contributed by atoms with Gasteiger partial charge in [-0.05, 0) is 31.5 Å². The van der Waals surface area contributed by atoms with Crippen LogP contribution >= 0.6 is 15.9 Å². The molecule has 0 aliphatic carbocycles. The summed E-state index contributed by atoms with van der Waals surface area (Å²) in [5.74, 6) is 0.788. The molecule has 0 radical (unpaired) electrons. The summed E-state index contributed by atoms with van der Waals surface area (Å²) < 4.78 is 29.3. The Morgan fingerprint density at radius 2 is 2.22 bits per heavy atom. The first-order chi connectivity index (χ1) is 8.37. The molecule has 2 atom stereocenters.